The van der Waals surface area contributed by atoms with E-state index in [0.717, 1.165) is 9.86 Å². The van der Waals surface area contributed by atoms with Crippen molar-refractivity contribution in [1.82, 2.24) is 9.97 Å². The first-order chi connectivity index (χ1) is 12.6. The number of furan rings is 1. The maximum Gasteiger partial charge on any atom is 0.291 e. The van der Waals surface area contributed by atoms with Crippen LogP contribution in [0, 0.1) is 0 Å². The number of halogens is 1. The number of carbonyl (C=O) groups excluding carboxylic acids is 1. The zero-order valence-electron chi connectivity index (χ0n) is 13.3. The van der Waals surface area contributed by atoms with Crippen molar-refractivity contribution in [3.63, 3.8) is 0 Å². The molecule has 128 valence electrons. The van der Waals surface area contributed by atoms with Crippen LogP contribution >= 0.6 is 15.9 Å². The van der Waals surface area contributed by atoms with Crippen molar-refractivity contribution >= 4 is 38.5 Å². The molecule has 0 fully saturated rings. The summed E-state index contributed by atoms with van der Waals surface area (Å²) in [5.74, 6) is 0.411. The molecule has 0 spiro atoms. The van der Waals surface area contributed by atoms with Gasteiger partial charge in [0.05, 0.1) is 18.1 Å². The third-order valence-electron chi connectivity index (χ3n) is 3.72. The molecule has 0 atom stereocenters. The van der Waals surface area contributed by atoms with Crippen LogP contribution in [0.4, 0.5) is 5.69 Å². The lowest BCUT2D eigenvalue weighted by molar-refractivity contribution is 0.0998. The van der Waals surface area contributed by atoms with E-state index in [4.69, 9.17) is 4.42 Å². The van der Waals surface area contributed by atoms with E-state index in [-0.39, 0.29) is 17.4 Å². The highest BCUT2D eigenvalue weighted by Gasteiger charge is 2.13. The van der Waals surface area contributed by atoms with Gasteiger partial charge in [-0.15, -0.1) is 0 Å². The van der Waals surface area contributed by atoms with E-state index in [9.17, 15) is 9.90 Å². The SMILES string of the molecule is O=C(Nc1cnc(-c2cccc(O)c2)nc1)c1cc2cc(Br)ccc2o1. The quantitative estimate of drug-likeness (QED) is 0.515. The van der Waals surface area contributed by atoms with E-state index in [1.54, 1.807) is 36.4 Å². The van der Waals surface area contributed by atoms with Crippen LogP contribution in [0.5, 0.6) is 5.75 Å². The average Bonchev–Trinajstić information content (AvgIpc) is 3.05. The third-order valence-corrected chi connectivity index (χ3v) is 4.21. The Morgan fingerprint density at radius 3 is 2.65 bits per heavy atom. The van der Waals surface area contributed by atoms with Gasteiger partial charge in [0.25, 0.3) is 5.91 Å². The maximum absolute atomic E-state index is 12.4. The first-order valence-electron chi connectivity index (χ1n) is 7.70. The Balaban J connectivity index is 1.53. The fraction of sp³-hybridized carbons (Fsp3) is 0. The van der Waals surface area contributed by atoms with E-state index in [2.05, 4.69) is 31.2 Å². The lowest BCUT2D eigenvalue weighted by atomic mass is 10.2. The van der Waals surface area contributed by atoms with E-state index in [1.807, 2.05) is 12.1 Å². The molecule has 0 saturated heterocycles. The summed E-state index contributed by atoms with van der Waals surface area (Å²) in [6.45, 7) is 0. The number of phenolic OH excluding ortho intramolecular Hbond substituents is 1. The zero-order chi connectivity index (χ0) is 18.1. The smallest absolute Gasteiger partial charge is 0.291 e. The lowest BCUT2D eigenvalue weighted by Gasteiger charge is -2.04. The molecular weight excluding hydrogens is 398 g/mol. The van der Waals surface area contributed by atoms with Crippen molar-refractivity contribution in [1.29, 1.82) is 0 Å². The van der Waals surface area contributed by atoms with Crippen molar-refractivity contribution in [3.05, 3.63) is 71.2 Å². The number of anilines is 1. The number of nitrogens with one attached hydrogen (secondary N) is 1. The topological polar surface area (TPSA) is 88.2 Å². The van der Waals surface area contributed by atoms with Crippen LogP contribution in [0.2, 0.25) is 0 Å². The summed E-state index contributed by atoms with van der Waals surface area (Å²) in [7, 11) is 0. The Morgan fingerprint density at radius 2 is 1.88 bits per heavy atom. The van der Waals surface area contributed by atoms with E-state index in [0.29, 0.717) is 22.7 Å². The number of carbonyl (C=O) groups is 1. The predicted molar refractivity (Wildman–Crippen MR) is 101 cm³/mol. The van der Waals surface area contributed by atoms with Crippen LogP contribution < -0.4 is 5.32 Å². The number of benzene rings is 2. The van der Waals surface area contributed by atoms with E-state index in [1.165, 1.54) is 12.4 Å². The molecule has 0 saturated carbocycles. The largest absolute Gasteiger partial charge is 0.508 e. The number of aromatic hydroxyl groups is 1. The standard InChI is InChI=1S/C19H12BrN3O3/c20-13-4-5-16-12(6-13)8-17(26-16)19(25)23-14-9-21-18(22-10-14)11-2-1-3-15(24)7-11/h1-10,24H,(H,23,25). The summed E-state index contributed by atoms with van der Waals surface area (Å²) in [6.07, 6.45) is 3.01. The Labute approximate surface area is 156 Å². The van der Waals surface area contributed by atoms with Gasteiger partial charge in [-0.3, -0.25) is 4.79 Å². The highest BCUT2D eigenvalue weighted by molar-refractivity contribution is 9.10. The number of hydrogen-bond acceptors (Lipinski definition) is 5. The summed E-state index contributed by atoms with van der Waals surface area (Å²) < 4.78 is 6.47. The van der Waals surface area contributed by atoms with Crippen LogP contribution in [-0.4, -0.2) is 21.0 Å². The first kappa shape index (κ1) is 16.3. The molecule has 4 rings (SSSR count). The molecule has 2 aromatic carbocycles. The molecule has 6 nitrogen and oxygen atoms in total. The molecule has 0 aliphatic rings. The number of rotatable bonds is 3. The fourth-order valence-electron chi connectivity index (χ4n) is 2.51. The highest BCUT2D eigenvalue weighted by atomic mass is 79.9. The monoisotopic (exact) mass is 409 g/mol. The molecule has 2 heterocycles. The van der Waals surface area contributed by atoms with E-state index >= 15 is 0 Å². The van der Waals surface area contributed by atoms with Gasteiger partial charge < -0.3 is 14.8 Å². The highest BCUT2D eigenvalue weighted by Crippen LogP contribution is 2.24. The molecule has 0 bridgehead atoms. The molecule has 0 aliphatic carbocycles. The minimum absolute atomic E-state index is 0.139. The van der Waals surface area contributed by atoms with E-state index < -0.39 is 0 Å². The van der Waals surface area contributed by atoms with Crippen molar-refractivity contribution < 1.29 is 14.3 Å². The van der Waals surface area contributed by atoms with Gasteiger partial charge in [-0.1, -0.05) is 28.1 Å². The van der Waals surface area contributed by atoms with Crippen molar-refractivity contribution in [2.75, 3.05) is 5.32 Å². The van der Waals surface area contributed by atoms with Gasteiger partial charge in [-0.25, -0.2) is 9.97 Å². The third kappa shape index (κ3) is 3.29. The molecule has 7 heteroatoms. The second-order valence-corrected chi connectivity index (χ2v) is 6.51. The lowest BCUT2D eigenvalue weighted by Crippen LogP contribution is -2.11. The fourth-order valence-corrected chi connectivity index (χ4v) is 2.88. The second-order valence-electron chi connectivity index (χ2n) is 5.59. The molecule has 2 aromatic heterocycles. The predicted octanol–water partition coefficient (Wildman–Crippen LogP) is 4.61. The number of hydrogen-bond donors (Lipinski definition) is 2. The Hall–Kier alpha value is -3.19. The Morgan fingerprint density at radius 1 is 1.08 bits per heavy atom. The normalized spacial score (nSPS) is 10.8. The first-order valence-corrected chi connectivity index (χ1v) is 8.50. The molecular formula is C19H12BrN3O3. The maximum atomic E-state index is 12.4. The van der Waals surface area contributed by atoms with Crippen LogP contribution in [-0.2, 0) is 0 Å². The molecule has 0 radical (unpaired) electrons. The van der Waals surface area contributed by atoms with Crippen molar-refractivity contribution in [2.24, 2.45) is 0 Å². The van der Waals surface area contributed by atoms with Gasteiger partial charge in [0.1, 0.15) is 11.3 Å². The number of phenols is 1. The number of aromatic nitrogens is 2. The van der Waals surface area contributed by atoms with Crippen LogP contribution in [0.25, 0.3) is 22.4 Å². The summed E-state index contributed by atoms with van der Waals surface area (Å²) in [6, 6.07) is 13.8. The van der Waals surface area contributed by atoms with Crippen molar-refractivity contribution in [2.45, 2.75) is 0 Å². The number of nitrogens with zero attached hydrogens (tertiary/aromatic N) is 2. The summed E-state index contributed by atoms with van der Waals surface area (Å²) in [5.41, 5.74) is 1.76. The Kier molecular flexibility index (Phi) is 4.14. The van der Waals surface area contributed by atoms with Crippen LogP contribution in [0.15, 0.2) is 69.8 Å². The van der Waals surface area contributed by atoms with Crippen LogP contribution in [0.3, 0.4) is 0 Å². The summed E-state index contributed by atoms with van der Waals surface area (Å²) >= 11 is 3.39. The number of amides is 1. The molecule has 0 unspecified atom stereocenters. The zero-order valence-corrected chi connectivity index (χ0v) is 14.9. The molecule has 26 heavy (non-hydrogen) atoms. The second kappa shape index (κ2) is 6.61. The minimum Gasteiger partial charge on any atom is -0.508 e. The molecule has 2 N–H and O–H groups in total. The molecule has 1 amide bonds. The van der Waals surface area contributed by atoms with Gasteiger partial charge >= 0.3 is 0 Å². The van der Waals surface area contributed by atoms with Gasteiger partial charge in [0.15, 0.2) is 11.6 Å². The van der Waals surface area contributed by atoms with Gasteiger partial charge in [0, 0.05) is 15.4 Å². The van der Waals surface area contributed by atoms with Gasteiger partial charge in [-0.05, 0) is 36.4 Å². The van der Waals surface area contributed by atoms with Gasteiger partial charge in [0.2, 0.25) is 0 Å². The van der Waals surface area contributed by atoms with Crippen LogP contribution in [0.1, 0.15) is 10.6 Å². The minimum atomic E-state index is -0.383. The Bertz CT molecular complexity index is 1110. The molecule has 0 aliphatic heterocycles. The van der Waals surface area contributed by atoms with Crippen molar-refractivity contribution in [3.8, 4) is 17.1 Å². The summed E-state index contributed by atoms with van der Waals surface area (Å²) in [5, 5.41) is 13.1. The average molecular weight is 410 g/mol. The number of fused-ring (bicyclic) bond motifs is 1. The van der Waals surface area contributed by atoms with Gasteiger partial charge in [-0.2, -0.15) is 0 Å². The summed E-state index contributed by atoms with van der Waals surface area (Å²) in [4.78, 5) is 20.8. The molecule has 4 aromatic rings.